The molecule has 0 aromatic carbocycles. The van der Waals surface area contributed by atoms with E-state index in [-0.39, 0.29) is 11.6 Å². The lowest BCUT2D eigenvalue weighted by molar-refractivity contribution is -0.0705. The lowest BCUT2D eigenvalue weighted by Gasteiger charge is -2.43. The highest BCUT2D eigenvalue weighted by Gasteiger charge is 2.40. The number of hydrogen-bond donors (Lipinski definition) is 2. The molecule has 19 heavy (non-hydrogen) atoms. The number of ether oxygens (including phenoxy) is 1. The predicted octanol–water partition coefficient (Wildman–Crippen LogP) is 2.13. The first kappa shape index (κ1) is 14.3. The number of pyridine rings is 1. The number of nitrogens with two attached hydrogens (primary N) is 2. The minimum atomic E-state index is -0.208. The van der Waals surface area contributed by atoms with Crippen LogP contribution in [0.15, 0.2) is 18.5 Å². The second kappa shape index (κ2) is 5.88. The summed E-state index contributed by atoms with van der Waals surface area (Å²) < 4.78 is 5.84. The van der Waals surface area contributed by atoms with E-state index >= 15 is 0 Å². The number of nitrogens with zero attached hydrogens (tertiary/aromatic N) is 1. The average molecular weight is 263 g/mol. The third-order valence-electron chi connectivity index (χ3n) is 4.45. The van der Waals surface area contributed by atoms with Crippen LogP contribution in [0.1, 0.15) is 38.2 Å². The van der Waals surface area contributed by atoms with Crippen LogP contribution < -0.4 is 11.5 Å². The zero-order valence-corrected chi connectivity index (χ0v) is 11.9. The number of rotatable bonds is 4. The van der Waals surface area contributed by atoms with Gasteiger partial charge in [0, 0.05) is 31.2 Å². The van der Waals surface area contributed by atoms with Crippen LogP contribution in [0, 0.1) is 5.92 Å². The molecular formula is C15H25N3O. The smallest absolute Gasteiger partial charge is 0.0834 e. The molecule has 0 spiro atoms. The quantitative estimate of drug-likeness (QED) is 0.872. The van der Waals surface area contributed by atoms with Crippen molar-refractivity contribution < 1.29 is 4.74 Å². The van der Waals surface area contributed by atoms with Crippen molar-refractivity contribution in [1.29, 1.82) is 0 Å². The Kier molecular flexibility index (Phi) is 4.42. The second-order valence-electron chi connectivity index (χ2n) is 5.86. The molecule has 3 unspecified atom stereocenters. The Morgan fingerprint density at radius 1 is 1.58 bits per heavy atom. The monoisotopic (exact) mass is 263 g/mol. The summed E-state index contributed by atoms with van der Waals surface area (Å²) >= 11 is 0. The van der Waals surface area contributed by atoms with Crippen molar-refractivity contribution >= 4 is 5.69 Å². The lowest BCUT2D eigenvalue weighted by Crippen LogP contribution is -2.53. The van der Waals surface area contributed by atoms with Gasteiger partial charge in [0.1, 0.15) is 0 Å². The van der Waals surface area contributed by atoms with Gasteiger partial charge in [-0.15, -0.1) is 0 Å². The zero-order valence-electron chi connectivity index (χ0n) is 11.9. The van der Waals surface area contributed by atoms with Gasteiger partial charge in [-0.2, -0.15) is 0 Å². The molecule has 1 aliphatic carbocycles. The van der Waals surface area contributed by atoms with Crippen molar-refractivity contribution in [2.45, 2.75) is 50.7 Å². The van der Waals surface area contributed by atoms with Gasteiger partial charge >= 0.3 is 0 Å². The molecule has 0 bridgehead atoms. The highest BCUT2D eigenvalue weighted by molar-refractivity contribution is 5.44. The fraction of sp³-hybridized carbons (Fsp3) is 0.667. The molecule has 2 rings (SSSR count). The average Bonchev–Trinajstić information content (AvgIpc) is 2.41. The van der Waals surface area contributed by atoms with Crippen molar-refractivity contribution in [3.05, 3.63) is 24.0 Å². The third-order valence-corrected chi connectivity index (χ3v) is 4.45. The highest BCUT2D eigenvalue weighted by Crippen LogP contribution is 2.37. The molecule has 4 heteroatoms. The zero-order chi connectivity index (χ0) is 13.9. The molecule has 1 aromatic heterocycles. The van der Waals surface area contributed by atoms with Crippen molar-refractivity contribution in [2.75, 3.05) is 12.8 Å². The first-order valence-electron chi connectivity index (χ1n) is 7.06. The first-order valence-corrected chi connectivity index (χ1v) is 7.06. The van der Waals surface area contributed by atoms with Gasteiger partial charge in [-0.25, -0.2) is 0 Å². The summed E-state index contributed by atoms with van der Waals surface area (Å²) in [7, 11) is 1.78. The van der Waals surface area contributed by atoms with Gasteiger partial charge in [-0.05, 0) is 36.8 Å². The number of hydrogen-bond acceptors (Lipinski definition) is 4. The molecular weight excluding hydrogens is 238 g/mol. The normalized spacial score (nSPS) is 29.1. The van der Waals surface area contributed by atoms with E-state index < -0.39 is 0 Å². The SMILES string of the molecule is COC1(C(N)Cc2cnccc2N)CCCC(C)C1. The van der Waals surface area contributed by atoms with E-state index in [1.165, 1.54) is 12.8 Å². The maximum Gasteiger partial charge on any atom is 0.0834 e. The van der Waals surface area contributed by atoms with Gasteiger partial charge in [-0.1, -0.05) is 19.8 Å². The van der Waals surface area contributed by atoms with E-state index in [9.17, 15) is 0 Å². The van der Waals surface area contributed by atoms with E-state index in [0.29, 0.717) is 5.92 Å². The van der Waals surface area contributed by atoms with Crippen molar-refractivity contribution in [1.82, 2.24) is 4.98 Å². The molecule has 106 valence electrons. The number of nitrogen functional groups attached to an aromatic ring is 1. The van der Waals surface area contributed by atoms with Crippen LogP contribution in [0.5, 0.6) is 0 Å². The van der Waals surface area contributed by atoms with Crippen LogP contribution in [-0.4, -0.2) is 23.7 Å². The van der Waals surface area contributed by atoms with Crippen LogP contribution in [-0.2, 0) is 11.2 Å². The molecule has 0 saturated heterocycles. The van der Waals surface area contributed by atoms with Crippen LogP contribution in [0.25, 0.3) is 0 Å². The van der Waals surface area contributed by atoms with Crippen molar-refractivity contribution in [2.24, 2.45) is 11.7 Å². The summed E-state index contributed by atoms with van der Waals surface area (Å²) in [6, 6.07) is 1.79. The van der Waals surface area contributed by atoms with Crippen molar-refractivity contribution in [3.63, 3.8) is 0 Å². The molecule has 0 amide bonds. The predicted molar refractivity (Wildman–Crippen MR) is 77.7 cm³/mol. The van der Waals surface area contributed by atoms with Crippen LogP contribution in [0.4, 0.5) is 5.69 Å². The summed E-state index contributed by atoms with van der Waals surface area (Å²) in [6.45, 7) is 2.28. The number of aromatic nitrogens is 1. The Bertz CT molecular complexity index is 424. The first-order chi connectivity index (χ1) is 9.07. The molecule has 4 N–H and O–H groups in total. The number of anilines is 1. The third kappa shape index (κ3) is 3.07. The molecule has 0 aliphatic heterocycles. The van der Waals surface area contributed by atoms with Crippen LogP contribution >= 0.6 is 0 Å². The van der Waals surface area contributed by atoms with Gasteiger partial charge in [0.15, 0.2) is 0 Å². The Hall–Kier alpha value is -1.13. The molecule has 1 heterocycles. The Morgan fingerprint density at radius 3 is 3.00 bits per heavy atom. The maximum atomic E-state index is 6.45. The lowest BCUT2D eigenvalue weighted by atomic mass is 9.73. The maximum absolute atomic E-state index is 6.45. The van der Waals surface area contributed by atoms with Crippen LogP contribution in [0.3, 0.4) is 0 Å². The number of methoxy groups -OCH3 is 1. The van der Waals surface area contributed by atoms with Crippen LogP contribution in [0.2, 0.25) is 0 Å². The van der Waals surface area contributed by atoms with E-state index in [1.807, 2.05) is 12.3 Å². The van der Waals surface area contributed by atoms with E-state index in [2.05, 4.69) is 11.9 Å². The molecule has 4 nitrogen and oxygen atoms in total. The minimum Gasteiger partial charge on any atom is -0.398 e. The Labute approximate surface area is 115 Å². The fourth-order valence-corrected chi connectivity index (χ4v) is 3.25. The molecule has 3 atom stereocenters. The van der Waals surface area contributed by atoms with Gasteiger partial charge in [-0.3, -0.25) is 4.98 Å². The Balaban J connectivity index is 2.13. The summed E-state index contributed by atoms with van der Waals surface area (Å²) in [4.78, 5) is 4.13. The van der Waals surface area contributed by atoms with Gasteiger partial charge in [0.05, 0.1) is 5.60 Å². The minimum absolute atomic E-state index is 0.0354. The summed E-state index contributed by atoms with van der Waals surface area (Å²) in [6.07, 6.45) is 8.77. The summed E-state index contributed by atoms with van der Waals surface area (Å²) in [5.74, 6) is 0.672. The van der Waals surface area contributed by atoms with E-state index in [0.717, 1.165) is 30.5 Å². The van der Waals surface area contributed by atoms with Gasteiger partial charge in [0.25, 0.3) is 0 Å². The van der Waals surface area contributed by atoms with Crippen molar-refractivity contribution in [3.8, 4) is 0 Å². The van der Waals surface area contributed by atoms with Gasteiger partial charge in [0.2, 0.25) is 0 Å². The standard InChI is InChI=1S/C15H25N3O/c1-11-4-3-6-15(9-11,19-2)14(17)8-12-10-18-7-5-13(12)16/h5,7,10-11,14H,3-4,6,8-9,17H2,1-2H3,(H2,16,18). The topological polar surface area (TPSA) is 74.2 Å². The molecule has 1 aromatic rings. The molecule has 0 radical (unpaired) electrons. The highest BCUT2D eigenvalue weighted by atomic mass is 16.5. The fourth-order valence-electron chi connectivity index (χ4n) is 3.25. The molecule has 1 saturated carbocycles. The Morgan fingerprint density at radius 2 is 2.37 bits per heavy atom. The molecule has 1 fully saturated rings. The summed E-state index contributed by atoms with van der Waals surface area (Å²) in [5.41, 5.74) is 14.0. The summed E-state index contributed by atoms with van der Waals surface area (Å²) in [5, 5.41) is 0. The second-order valence-corrected chi connectivity index (χ2v) is 5.86. The molecule has 1 aliphatic rings. The van der Waals surface area contributed by atoms with Gasteiger partial charge < -0.3 is 16.2 Å². The van der Waals surface area contributed by atoms with E-state index in [1.54, 1.807) is 13.3 Å². The van der Waals surface area contributed by atoms with E-state index in [4.69, 9.17) is 16.2 Å². The largest absolute Gasteiger partial charge is 0.398 e.